The van der Waals surface area contributed by atoms with E-state index in [-0.39, 0.29) is 11.5 Å². The molecule has 0 N–H and O–H groups in total. The first kappa shape index (κ1) is 14.5. The molecule has 2 nitrogen and oxygen atoms in total. The van der Waals surface area contributed by atoms with Crippen LogP contribution in [0.25, 0.3) is 11.0 Å². The van der Waals surface area contributed by atoms with E-state index in [0.717, 1.165) is 10.9 Å². The lowest BCUT2D eigenvalue weighted by Gasteiger charge is -2.02. The monoisotopic (exact) mass is 338 g/mol. The summed E-state index contributed by atoms with van der Waals surface area (Å²) in [6.45, 7) is 1.82. The highest BCUT2D eigenvalue weighted by atomic mass is 35.5. The Balaban J connectivity index is 2.15. The molecule has 1 heterocycles. The summed E-state index contributed by atoms with van der Waals surface area (Å²) in [6.07, 6.45) is 0. The van der Waals surface area contributed by atoms with Crippen molar-refractivity contribution in [3.05, 3.63) is 68.4 Å². The van der Waals surface area contributed by atoms with Gasteiger partial charge in [0.1, 0.15) is 5.58 Å². The maximum Gasteiger partial charge on any atom is 0.229 e. The van der Waals surface area contributed by atoms with Crippen LogP contribution in [0.1, 0.15) is 21.7 Å². The van der Waals surface area contributed by atoms with Gasteiger partial charge in [-0.25, -0.2) is 0 Å². The van der Waals surface area contributed by atoms with Crippen LogP contribution in [-0.2, 0) is 0 Å². The third kappa shape index (κ3) is 2.55. The first-order valence-electron chi connectivity index (χ1n) is 6.16. The van der Waals surface area contributed by atoms with Gasteiger partial charge in [0, 0.05) is 26.6 Å². The summed E-state index contributed by atoms with van der Waals surface area (Å²) in [6, 6.07) is 9.98. The molecular formula is C16H9Cl3O2. The third-order valence-electron chi connectivity index (χ3n) is 3.28. The SMILES string of the molecule is Cc1c(C(=O)c2ccc(Cl)cc2Cl)oc2ccc(Cl)cc12. The molecule has 5 heteroatoms. The summed E-state index contributed by atoms with van der Waals surface area (Å²) >= 11 is 17.9. The molecule has 0 aliphatic carbocycles. The highest BCUT2D eigenvalue weighted by Crippen LogP contribution is 2.31. The number of furan rings is 1. The Hall–Kier alpha value is -1.48. The van der Waals surface area contributed by atoms with E-state index in [1.54, 1.807) is 30.3 Å². The zero-order chi connectivity index (χ0) is 15.1. The van der Waals surface area contributed by atoms with Gasteiger partial charge in [0.25, 0.3) is 0 Å². The number of rotatable bonds is 2. The first-order chi connectivity index (χ1) is 9.97. The predicted octanol–water partition coefficient (Wildman–Crippen LogP) is 5.93. The molecule has 0 aliphatic rings. The highest BCUT2D eigenvalue weighted by Gasteiger charge is 2.21. The summed E-state index contributed by atoms with van der Waals surface area (Å²) in [5.41, 5.74) is 1.71. The van der Waals surface area contributed by atoms with E-state index in [9.17, 15) is 4.79 Å². The van der Waals surface area contributed by atoms with Crippen molar-refractivity contribution in [3.63, 3.8) is 0 Å². The topological polar surface area (TPSA) is 30.2 Å². The molecular weight excluding hydrogens is 331 g/mol. The van der Waals surface area contributed by atoms with Crippen molar-refractivity contribution in [1.29, 1.82) is 0 Å². The minimum Gasteiger partial charge on any atom is -0.452 e. The molecule has 0 amide bonds. The van der Waals surface area contributed by atoms with Crippen molar-refractivity contribution in [1.82, 2.24) is 0 Å². The minimum absolute atomic E-state index is 0.261. The number of halogens is 3. The number of aryl methyl sites for hydroxylation is 1. The number of carbonyl (C=O) groups is 1. The lowest BCUT2D eigenvalue weighted by Crippen LogP contribution is -2.02. The Morgan fingerprint density at radius 1 is 1.00 bits per heavy atom. The van der Waals surface area contributed by atoms with E-state index in [1.807, 2.05) is 6.92 Å². The summed E-state index contributed by atoms with van der Waals surface area (Å²) in [4.78, 5) is 12.6. The summed E-state index contributed by atoms with van der Waals surface area (Å²) in [7, 11) is 0. The maximum atomic E-state index is 12.6. The van der Waals surface area contributed by atoms with E-state index >= 15 is 0 Å². The summed E-state index contributed by atoms with van der Waals surface area (Å²) in [5.74, 6) is -0.0158. The Morgan fingerprint density at radius 3 is 2.38 bits per heavy atom. The normalized spacial score (nSPS) is 11.0. The standard InChI is InChI=1S/C16H9Cl3O2/c1-8-12-6-9(17)3-5-14(12)21-16(8)15(20)11-4-2-10(18)7-13(11)19/h2-7H,1H3. The van der Waals surface area contributed by atoms with E-state index in [4.69, 9.17) is 39.2 Å². The number of benzene rings is 2. The lowest BCUT2D eigenvalue weighted by atomic mass is 10.0. The van der Waals surface area contributed by atoms with Gasteiger partial charge in [-0.15, -0.1) is 0 Å². The number of carbonyl (C=O) groups excluding carboxylic acids is 1. The maximum absolute atomic E-state index is 12.6. The van der Waals surface area contributed by atoms with E-state index < -0.39 is 0 Å². The molecule has 0 bridgehead atoms. The van der Waals surface area contributed by atoms with Crippen LogP contribution in [0.2, 0.25) is 15.1 Å². The second-order valence-corrected chi connectivity index (χ2v) is 5.93. The van der Waals surface area contributed by atoms with E-state index in [0.29, 0.717) is 26.2 Å². The van der Waals surface area contributed by atoms with Crippen LogP contribution >= 0.6 is 34.8 Å². The van der Waals surface area contributed by atoms with Gasteiger partial charge in [-0.05, 0) is 43.3 Å². The van der Waals surface area contributed by atoms with Crippen LogP contribution in [0.5, 0.6) is 0 Å². The van der Waals surface area contributed by atoms with Gasteiger partial charge in [0.05, 0.1) is 5.02 Å². The second kappa shape index (κ2) is 5.38. The molecule has 3 aromatic rings. The number of ketones is 1. The predicted molar refractivity (Wildman–Crippen MR) is 85.9 cm³/mol. The Morgan fingerprint density at radius 2 is 1.67 bits per heavy atom. The van der Waals surface area contributed by atoms with Gasteiger partial charge >= 0.3 is 0 Å². The van der Waals surface area contributed by atoms with Crippen LogP contribution in [-0.4, -0.2) is 5.78 Å². The van der Waals surface area contributed by atoms with Crippen LogP contribution in [0.3, 0.4) is 0 Å². The van der Waals surface area contributed by atoms with Crippen molar-refractivity contribution in [2.24, 2.45) is 0 Å². The highest BCUT2D eigenvalue weighted by molar-refractivity contribution is 6.37. The van der Waals surface area contributed by atoms with Crippen molar-refractivity contribution in [2.75, 3.05) is 0 Å². The molecule has 0 aliphatic heterocycles. The molecule has 0 spiro atoms. The fourth-order valence-electron chi connectivity index (χ4n) is 2.21. The quantitative estimate of drug-likeness (QED) is 0.541. The van der Waals surface area contributed by atoms with Gasteiger partial charge in [-0.2, -0.15) is 0 Å². The molecule has 3 rings (SSSR count). The van der Waals surface area contributed by atoms with Crippen molar-refractivity contribution in [2.45, 2.75) is 6.92 Å². The Kier molecular flexibility index (Phi) is 3.70. The van der Waals surface area contributed by atoms with Crippen molar-refractivity contribution in [3.8, 4) is 0 Å². The van der Waals surface area contributed by atoms with Gasteiger partial charge in [0.15, 0.2) is 5.76 Å². The molecule has 0 saturated carbocycles. The lowest BCUT2D eigenvalue weighted by molar-refractivity contribution is 0.101. The van der Waals surface area contributed by atoms with Crippen LogP contribution in [0.4, 0.5) is 0 Å². The zero-order valence-corrected chi connectivity index (χ0v) is 13.2. The smallest absolute Gasteiger partial charge is 0.229 e. The number of hydrogen-bond donors (Lipinski definition) is 0. The van der Waals surface area contributed by atoms with Gasteiger partial charge < -0.3 is 4.42 Å². The fraction of sp³-hybridized carbons (Fsp3) is 0.0625. The summed E-state index contributed by atoms with van der Waals surface area (Å²) < 4.78 is 5.66. The molecule has 106 valence electrons. The fourth-order valence-corrected chi connectivity index (χ4v) is 2.87. The molecule has 2 aromatic carbocycles. The largest absolute Gasteiger partial charge is 0.452 e. The molecule has 0 atom stereocenters. The number of fused-ring (bicyclic) bond motifs is 1. The molecule has 0 saturated heterocycles. The van der Waals surface area contributed by atoms with Gasteiger partial charge in [0.2, 0.25) is 5.78 Å². The Labute approximate surface area is 136 Å². The van der Waals surface area contributed by atoms with Crippen molar-refractivity contribution >= 4 is 51.6 Å². The molecule has 0 unspecified atom stereocenters. The molecule has 0 fully saturated rings. The third-order valence-corrected chi connectivity index (χ3v) is 4.06. The second-order valence-electron chi connectivity index (χ2n) is 4.65. The van der Waals surface area contributed by atoms with Crippen LogP contribution in [0.15, 0.2) is 40.8 Å². The molecule has 21 heavy (non-hydrogen) atoms. The molecule has 0 radical (unpaired) electrons. The van der Waals surface area contributed by atoms with Gasteiger partial charge in [-0.1, -0.05) is 34.8 Å². The minimum atomic E-state index is -0.276. The van der Waals surface area contributed by atoms with Gasteiger partial charge in [-0.3, -0.25) is 4.79 Å². The Bertz CT molecular complexity index is 865. The number of hydrogen-bond acceptors (Lipinski definition) is 2. The average Bonchev–Trinajstić information content (AvgIpc) is 2.75. The zero-order valence-electron chi connectivity index (χ0n) is 10.9. The van der Waals surface area contributed by atoms with E-state index in [2.05, 4.69) is 0 Å². The molecule has 1 aromatic heterocycles. The van der Waals surface area contributed by atoms with E-state index in [1.165, 1.54) is 6.07 Å². The van der Waals surface area contributed by atoms with Crippen LogP contribution in [0, 0.1) is 6.92 Å². The summed E-state index contributed by atoms with van der Waals surface area (Å²) in [5, 5.41) is 2.18. The first-order valence-corrected chi connectivity index (χ1v) is 7.29. The average molecular weight is 340 g/mol. The van der Waals surface area contributed by atoms with Crippen molar-refractivity contribution < 1.29 is 9.21 Å². The van der Waals surface area contributed by atoms with Crippen LogP contribution < -0.4 is 0 Å².